The van der Waals surface area contributed by atoms with E-state index in [2.05, 4.69) is 13.2 Å². The van der Waals surface area contributed by atoms with Gasteiger partial charge in [-0.1, -0.05) is 48.6 Å². The number of nitrogens with zero attached hydrogens (tertiary/aromatic N) is 3. The van der Waals surface area contributed by atoms with Crippen molar-refractivity contribution < 1.29 is 24.2 Å². The number of likely N-dealkylation sites (tertiary alicyclic amines) is 1. The number of carbonyl (C=O) groups excluding carboxylic acids is 3. The van der Waals surface area contributed by atoms with Gasteiger partial charge < -0.3 is 24.5 Å². The second-order valence-electron chi connectivity index (χ2n) is 11.9. The van der Waals surface area contributed by atoms with Gasteiger partial charge in [-0.2, -0.15) is 0 Å². The maximum Gasteiger partial charge on any atom is 0.253 e. The van der Waals surface area contributed by atoms with Crippen LogP contribution in [-0.4, -0.2) is 71.2 Å². The third-order valence-electron chi connectivity index (χ3n) is 9.27. The van der Waals surface area contributed by atoms with Crippen LogP contribution >= 0.6 is 0 Å². The summed E-state index contributed by atoms with van der Waals surface area (Å²) in [4.78, 5) is 48.5. The van der Waals surface area contributed by atoms with Crippen LogP contribution in [0.5, 0.6) is 0 Å². The first kappa shape index (κ1) is 29.7. The van der Waals surface area contributed by atoms with Crippen molar-refractivity contribution >= 4 is 29.1 Å². The minimum atomic E-state index is -1.16. The molecule has 222 valence electrons. The predicted octanol–water partition coefficient (Wildman–Crippen LogP) is 4.19. The fourth-order valence-electron chi connectivity index (χ4n) is 7.59. The van der Waals surface area contributed by atoms with Crippen molar-refractivity contribution in [2.24, 2.45) is 11.8 Å². The number of fused-ring (bicyclic) bond motifs is 1. The topological polar surface area (TPSA) is 90.4 Å². The molecular weight excluding hydrogens is 530 g/mol. The fourth-order valence-corrected chi connectivity index (χ4v) is 7.59. The number of aliphatic hydroxyl groups is 1. The van der Waals surface area contributed by atoms with Crippen molar-refractivity contribution in [3.8, 4) is 0 Å². The Labute approximate surface area is 248 Å². The van der Waals surface area contributed by atoms with E-state index in [1.54, 1.807) is 26.9 Å². The van der Waals surface area contributed by atoms with E-state index in [0.29, 0.717) is 24.9 Å². The number of para-hydroxylation sites is 2. The van der Waals surface area contributed by atoms with Gasteiger partial charge in [-0.15, -0.1) is 13.2 Å². The van der Waals surface area contributed by atoms with Crippen molar-refractivity contribution in [1.82, 2.24) is 4.90 Å². The van der Waals surface area contributed by atoms with E-state index in [-0.39, 0.29) is 44.0 Å². The number of benzene rings is 2. The Bertz CT molecular complexity index is 1370. The lowest BCUT2D eigenvalue weighted by molar-refractivity contribution is -0.144. The average Bonchev–Trinajstić information content (AvgIpc) is 3.54. The quantitative estimate of drug-likeness (QED) is 0.409. The predicted molar refractivity (Wildman–Crippen MR) is 163 cm³/mol. The summed E-state index contributed by atoms with van der Waals surface area (Å²) in [5.74, 6) is -2.34. The number of ether oxygens (including phenoxy) is 1. The summed E-state index contributed by atoms with van der Waals surface area (Å²) in [7, 11) is 0. The lowest BCUT2D eigenvalue weighted by atomic mass is 9.66. The molecule has 2 aromatic carbocycles. The van der Waals surface area contributed by atoms with Crippen LogP contribution in [0.15, 0.2) is 73.8 Å². The van der Waals surface area contributed by atoms with Crippen LogP contribution in [-0.2, 0) is 19.1 Å². The van der Waals surface area contributed by atoms with Gasteiger partial charge in [0.05, 0.1) is 17.4 Å². The van der Waals surface area contributed by atoms with E-state index >= 15 is 0 Å². The van der Waals surface area contributed by atoms with Crippen LogP contribution < -0.4 is 9.80 Å². The number of carbonyl (C=O) groups is 3. The first-order valence-electron chi connectivity index (χ1n) is 14.7. The van der Waals surface area contributed by atoms with Crippen molar-refractivity contribution in [2.45, 2.75) is 57.3 Å². The highest BCUT2D eigenvalue weighted by molar-refractivity contribution is 6.07. The van der Waals surface area contributed by atoms with E-state index in [0.717, 1.165) is 16.8 Å². The lowest BCUT2D eigenvalue weighted by Gasteiger charge is -2.37. The van der Waals surface area contributed by atoms with Crippen LogP contribution in [0.25, 0.3) is 0 Å². The molecule has 1 spiro atoms. The zero-order valence-corrected chi connectivity index (χ0v) is 24.8. The monoisotopic (exact) mass is 571 g/mol. The zero-order chi connectivity index (χ0) is 30.2. The van der Waals surface area contributed by atoms with Gasteiger partial charge in [0.1, 0.15) is 11.6 Å². The smallest absolute Gasteiger partial charge is 0.253 e. The summed E-state index contributed by atoms with van der Waals surface area (Å²) in [6.07, 6.45) is 4.70. The lowest BCUT2D eigenvalue weighted by Crippen LogP contribution is -2.57. The summed E-state index contributed by atoms with van der Waals surface area (Å²) < 4.78 is 6.84. The van der Waals surface area contributed by atoms with E-state index in [1.807, 2.05) is 69.3 Å². The number of hydrogen-bond acceptors (Lipinski definition) is 5. The summed E-state index contributed by atoms with van der Waals surface area (Å²) in [6.45, 7) is 14.2. The molecule has 8 heteroatoms. The minimum Gasteiger partial charge on any atom is -0.396 e. The molecule has 3 aliphatic heterocycles. The van der Waals surface area contributed by atoms with E-state index < -0.39 is 29.1 Å². The highest BCUT2D eigenvalue weighted by Crippen LogP contribution is 2.63. The molecule has 3 fully saturated rings. The molecule has 42 heavy (non-hydrogen) atoms. The second kappa shape index (κ2) is 11.5. The second-order valence-corrected chi connectivity index (χ2v) is 11.9. The molecule has 5 atom stereocenters. The van der Waals surface area contributed by atoms with Gasteiger partial charge in [0.15, 0.2) is 0 Å². The Hall–Kier alpha value is -3.75. The molecule has 2 unspecified atom stereocenters. The standard InChI is InChI=1S/C34H41N3O5/c1-6-19-35(25-15-9-8-10-16-25)30(39)26-27-31(40)37(21-12-22-38)29(34(27)18-17-33(26,5)42-34)32(41)36(20-7-2)28-23(3)13-11-14-24(28)4/h6-11,13-16,26-27,29,38H,1-2,12,17-22H2,3-5H3/t26-,27+,29?,33+,34?/m1/s1. The van der Waals surface area contributed by atoms with Crippen molar-refractivity contribution in [2.75, 3.05) is 36.0 Å². The van der Waals surface area contributed by atoms with Gasteiger partial charge in [0.25, 0.3) is 5.91 Å². The number of anilines is 2. The van der Waals surface area contributed by atoms with Crippen LogP contribution in [0, 0.1) is 25.7 Å². The van der Waals surface area contributed by atoms with Gasteiger partial charge in [-0.25, -0.2) is 0 Å². The first-order valence-corrected chi connectivity index (χ1v) is 14.7. The summed E-state index contributed by atoms with van der Waals surface area (Å²) >= 11 is 0. The minimum absolute atomic E-state index is 0.127. The van der Waals surface area contributed by atoms with Crippen LogP contribution in [0.1, 0.15) is 37.3 Å². The number of amides is 3. The molecule has 0 aliphatic carbocycles. The van der Waals surface area contributed by atoms with Crippen LogP contribution in [0.4, 0.5) is 11.4 Å². The number of rotatable bonds is 11. The van der Waals surface area contributed by atoms with Gasteiger partial charge in [-0.3, -0.25) is 14.4 Å². The van der Waals surface area contributed by atoms with Gasteiger partial charge in [-0.05, 0) is 63.3 Å². The highest BCUT2D eigenvalue weighted by atomic mass is 16.5. The molecule has 3 heterocycles. The van der Waals surface area contributed by atoms with Crippen molar-refractivity contribution in [3.05, 3.63) is 85.0 Å². The normalized spacial score (nSPS) is 27.6. The largest absolute Gasteiger partial charge is 0.396 e. The molecule has 0 radical (unpaired) electrons. The Kier molecular flexibility index (Phi) is 8.14. The molecule has 3 saturated heterocycles. The maximum absolute atomic E-state index is 14.8. The molecule has 3 aliphatic rings. The molecular formula is C34H41N3O5. The summed E-state index contributed by atoms with van der Waals surface area (Å²) in [6, 6.07) is 14.3. The third-order valence-corrected chi connectivity index (χ3v) is 9.27. The molecule has 2 aromatic rings. The van der Waals surface area contributed by atoms with Gasteiger partial charge in [0.2, 0.25) is 11.8 Å². The summed E-state index contributed by atoms with van der Waals surface area (Å²) in [5, 5.41) is 9.71. The van der Waals surface area contributed by atoms with E-state index in [4.69, 9.17) is 4.74 Å². The van der Waals surface area contributed by atoms with Gasteiger partial charge >= 0.3 is 0 Å². The molecule has 5 rings (SSSR count). The molecule has 3 amide bonds. The maximum atomic E-state index is 14.8. The van der Waals surface area contributed by atoms with Gasteiger partial charge in [0, 0.05) is 37.6 Å². The summed E-state index contributed by atoms with van der Waals surface area (Å²) in [5.41, 5.74) is 1.30. The average molecular weight is 572 g/mol. The van der Waals surface area contributed by atoms with Crippen molar-refractivity contribution in [1.29, 1.82) is 0 Å². The van der Waals surface area contributed by atoms with Crippen LogP contribution in [0.2, 0.25) is 0 Å². The van der Waals surface area contributed by atoms with E-state index in [9.17, 15) is 19.5 Å². The van der Waals surface area contributed by atoms with Crippen molar-refractivity contribution in [3.63, 3.8) is 0 Å². The van der Waals surface area contributed by atoms with E-state index in [1.165, 1.54) is 0 Å². The Balaban J connectivity index is 1.61. The SMILES string of the molecule is C=CCN(C(=O)[C@H]1[C@H]2C(=O)N(CCCO)C(C(=O)N(CC=C)c3c(C)cccc3C)C23CC[C@]1(C)O3)c1ccccc1. The Morgan fingerprint density at radius 3 is 2.26 bits per heavy atom. The molecule has 0 aromatic heterocycles. The Morgan fingerprint density at radius 2 is 1.64 bits per heavy atom. The molecule has 2 bridgehead atoms. The zero-order valence-electron chi connectivity index (χ0n) is 24.8. The number of aliphatic hydroxyl groups excluding tert-OH is 1. The highest BCUT2D eigenvalue weighted by Gasteiger charge is 2.78. The molecule has 0 saturated carbocycles. The Morgan fingerprint density at radius 1 is 1.00 bits per heavy atom. The fraction of sp³-hybridized carbons (Fsp3) is 0.441. The molecule has 8 nitrogen and oxygen atoms in total. The van der Waals surface area contributed by atoms with Crippen LogP contribution in [0.3, 0.4) is 0 Å². The number of aryl methyl sites for hydroxylation is 2. The number of hydrogen-bond donors (Lipinski definition) is 1. The third kappa shape index (κ3) is 4.57. The first-order chi connectivity index (χ1) is 20.1. The molecule has 1 N–H and O–H groups in total.